The molecule has 3 aromatic rings. The molecule has 2 aromatic carbocycles. The van der Waals surface area contributed by atoms with E-state index in [4.69, 9.17) is 20.9 Å². The molecule has 0 bridgehead atoms. The summed E-state index contributed by atoms with van der Waals surface area (Å²) in [6.45, 7) is 2.01. The zero-order valence-corrected chi connectivity index (χ0v) is 16.4. The Labute approximate surface area is 166 Å². The Kier molecular flexibility index (Phi) is 6.36. The highest BCUT2D eigenvalue weighted by atomic mass is 35.5. The van der Waals surface area contributed by atoms with Gasteiger partial charge in [0.1, 0.15) is 5.75 Å². The summed E-state index contributed by atoms with van der Waals surface area (Å²) in [5.41, 5.74) is 0.780. The highest BCUT2D eigenvalue weighted by Crippen LogP contribution is 2.25. The first-order valence-electron chi connectivity index (χ1n) is 8.22. The van der Waals surface area contributed by atoms with Crippen LogP contribution in [-0.4, -0.2) is 28.4 Å². The number of carbonyl (C=O) groups is 1. The molecular formula is C19H18ClN3O3S. The van der Waals surface area contributed by atoms with Gasteiger partial charge in [-0.1, -0.05) is 28.9 Å². The van der Waals surface area contributed by atoms with Gasteiger partial charge >= 0.3 is 0 Å². The first kappa shape index (κ1) is 19.3. The molecule has 1 aromatic heterocycles. The minimum Gasteiger partial charge on any atom is -0.497 e. The first-order chi connectivity index (χ1) is 13.0. The van der Waals surface area contributed by atoms with E-state index in [0.717, 1.165) is 10.5 Å². The van der Waals surface area contributed by atoms with Gasteiger partial charge in [0.15, 0.2) is 0 Å². The van der Waals surface area contributed by atoms with Crippen LogP contribution in [0.5, 0.6) is 5.75 Å². The molecule has 140 valence electrons. The van der Waals surface area contributed by atoms with Crippen LogP contribution >= 0.6 is 23.4 Å². The number of thioether (sulfide) groups is 1. The van der Waals surface area contributed by atoms with Crippen molar-refractivity contribution in [2.24, 2.45) is 0 Å². The van der Waals surface area contributed by atoms with Crippen LogP contribution in [0, 0.1) is 0 Å². The molecule has 1 unspecified atom stereocenters. The molecule has 0 saturated carbocycles. The maximum absolute atomic E-state index is 12.3. The van der Waals surface area contributed by atoms with Gasteiger partial charge in [-0.15, -0.1) is 11.8 Å². The average Bonchev–Trinajstić information content (AvgIpc) is 3.17. The van der Waals surface area contributed by atoms with Crippen molar-refractivity contribution in [3.63, 3.8) is 0 Å². The predicted molar refractivity (Wildman–Crippen MR) is 105 cm³/mol. The number of halogens is 1. The van der Waals surface area contributed by atoms with Crippen molar-refractivity contribution in [3.8, 4) is 17.1 Å². The van der Waals surface area contributed by atoms with E-state index in [1.807, 2.05) is 43.3 Å². The molecular weight excluding hydrogens is 386 g/mol. The molecule has 27 heavy (non-hydrogen) atoms. The molecule has 1 amide bonds. The van der Waals surface area contributed by atoms with Gasteiger partial charge in [0.05, 0.1) is 18.9 Å². The lowest BCUT2D eigenvalue weighted by molar-refractivity contribution is -0.120. The summed E-state index contributed by atoms with van der Waals surface area (Å²) >= 11 is 7.32. The number of benzene rings is 2. The van der Waals surface area contributed by atoms with E-state index in [0.29, 0.717) is 22.5 Å². The van der Waals surface area contributed by atoms with Crippen LogP contribution < -0.4 is 10.1 Å². The molecule has 8 heteroatoms. The van der Waals surface area contributed by atoms with Crippen LogP contribution in [-0.2, 0) is 11.3 Å². The molecule has 0 radical (unpaired) electrons. The maximum atomic E-state index is 12.3. The van der Waals surface area contributed by atoms with Crippen molar-refractivity contribution in [1.82, 2.24) is 15.5 Å². The summed E-state index contributed by atoms with van der Waals surface area (Å²) < 4.78 is 10.4. The number of amides is 1. The van der Waals surface area contributed by atoms with Crippen LogP contribution in [0.15, 0.2) is 57.9 Å². The molecule has 0 fully saturated rings. The lowest BCUT2D eigenvalue weighted by Crippen LogP contribution is -2.30. The van der Waals surface area contributed by atoms with Crippen molar-refractivity contribution < 1.29 is 14.1 Å². The van der Waals surface area contributed by atoms with Crippen LogP contribution in [0.2, 0.25) is 5.02 Å². The smallest absolute Gasteiger partial charge is 0.246 e. The fraction of sp³-hybridized carbons (Fsp3) is 0.211. The Morgan fingerprint density at radius 3 is 2.81 bits per heavy atom. The number of rotatable bonds is 7. The van der Waals surface area contributed by atoms with E-state index in [1.165, 1.54) is 11.8 Å². The second-order valence-electron chi connectivity index (χ2n) is 5.68. The molecule has 0 aliphatic carbocycles. The van der Waals surface area contributed by atoms with E-state index < -0.39 is 0 Å². The second kappa shape index (κ2) is 8.92. The number of carbonyl (C=O) groups excluding carboxylic acids is 1. The lowest BCUT2D eigenvalue weighted by Gasteiger charge is -2.10. The summed E-state index contributed by atoms with van der Waals surface area (Å²) in [5.74, 6) is 1.38. The first-order valence-corrected chi connectivity index (χ1v) is 9.48. The van der Waals surface area contributed by atoms with Crippen molar-refractivity contribution in [2.45, 2.75) is 23.6 Å². The van der Waals surface area contributed by atoms with Gasteiger partial charge in [-0.05, 0) is 43.3 Å². The fourth-order valence-corrected chi connectivity index (χ4v) is 3.30. The lowest BCUT2D eigenvalue weighted by atomic mass is 10.2. The molecule has 1 atom stereocenters. The molecule has 3 rings (SSSR count). The third kappa shape index (κ3) is 5.24. The van der Waals surface area contributed by atoms with E-state index in [1.54, 1.807) is 19.2 Å². The number of nitrogens with zero attached hydrogens (tertiary/aromatic N) is 2. The number of ether oxygens (including phenoxy) is 1. The van der Waals surface area contributed by atoms with Crippen molar-refractivity contribution >= 4 is 29.3 Å². The molecule has 0 aliphatic heterocycles. The summed E-state index contributed by atoms with van der Waals surface area (Å²) in [6.07, 6.45) is 0. The van der Waals surface area contributed by atoms with Crippen molar-refractivity contribution in [1.29, 1.82) is 0 Å². The summed E-state index contributed by atoms with van der Waals surface area (Å²) in [6, 6.07) is 14.7. The molecule has 0 spiro atoms. The van der Waals surface area contributed by atoms with E-state index in [2.05, 4.69) is 15.5 Å². The highest BCUT2D eigenvalue weighted by molar-refractivity contribution is 8.00. The van der Waals surface area contributed by atoms with Gasteiger partial charge in [-0.25, -0.2) is 0 Å². The second-order valence-corrected chi connectivity index (χ2v) is 7.53. The number of nitrogens with one attached hydrogen (secondary N) is 1. The SMILES string of the molecule is COc1cccc(-c2noc(CNC(=O)C(C)Sc3ccc(Cl)cc3)n2)c1. The molecule has 0 aliphatic rings. The molecule has 1 N–H and O–H groups in total. The van der Waals surface area contributed by atoms with E-state index >= 15 is 0 Å². The fourth-order valence-electron chi connectivity index (χ4n) is 2.28. The number of aromatic nitrogens is 2. The van der Waals surface area contributed by atoms with Crippen LogP contribution in [0.25, 0.3) is 11.4 Å². The van der Waals surface area contributed by atoms with Crippen LogP contribution in [0.1, 0.15) is 12.8 Å². The van der Waals surface area contributed by atoms with Gasteiger partial charge < -0.3 is 14.6 Å². The zero-order chi connectivity index (χ0) is 19.2. The minimum absolute atomic E-state index is 0.115. The largest absolute Gasteiger partial charge is 0.497 e. The Hall–Kier alpha value is -2.51. The number of hydrogen-bond acceptors (Lipinski definition) is 6. The predicted octanol–water partition coefficient (Wildman–Crippen LogP) is 4.20. The van der Waals surface area contributed by atoms with Crippen molar-refractivity contribution in [3.05, 3.63) is 59.4 Å². The van der Waals surface area contributed by atoms with Gasteiger partial charge in [0, 0.05) is 15.5 Å². The van der Waals surface area contributed by atoms with Crippen LogP contribution in [0.3, 0.4) is 0 Å². The summed E-state index contributed by atoms with van der Waals surface area (Å²) in [4.78, 5) is 17.6. The highest BCUT2D eigenvalue weighted by Gasteiger charge is 2.16. The monoisotopic (exact) mass is 403 g/mol. The minimum atomic E-state index is -0.271. The standard InChI is InChI=1S/C19H18ClN3O3S/c1-12(27-16-8-6-14(20)7-9-16)19(24)21-11-17-22-18(23-26-17)13-4-3-5-15(10-13)25-2/h3-10,12H,11H2,1-2H3,(H,21,24). The summed E-state index contributed by atoms with van der Waals surface area (Å²) in [7, 11) is 1.60. The zero-order valence-electron chi connectivity index (χ0n) is 14.8. The van der Waals surface area contributed by atoms with Gasteiger partial charge in [0.2, 0.25) is 17.6 Å². The third-order valence-corrected chi connectivity index (χ3v) is 5.07. The number of methoxy groups -OCH3 is 1. The Bertz CT molecular complexity index is 915. The van der Waals surface area contributed by atoms with Gasteiger partial charge in [-0.3, -0.25) is 4.79 Å². The van der Waals surface area contributed by atoms with Gasteiger partial charge in [0.25, 0.3) is 0 Å². The normalized spacial score (nSPS) is 11.8. The average molecular weight is 404 g/mol. The Balaban J connectivity index is 1.55. The van der Waals surface area contributed by atoms with Gasteiger partial charge in [-0.2, -0.15) is 4.98 Å². The quantitative estimate of drug-likeness (QED) is 0.596. The topological polar surface area (TPSA) is 77.3 Å². The molecule has 6 nitrogen and oxygen atoms in total. The molecule has 0 saturated heterocycles. The third-order valence-electron chi connectivity index (χ3n) is 3.71. The Morgan fingerprint density at radius 2 is 2.07 bits per heavy atom. The van der Waals surface area contributed by atoms with Crippen molar-refractivity contribution in [2.75, 3.05) is 7.11 Å². The van der Waals surface area contributed by atoms with E-state index in [-0.39, 0.29) is 17.7 Å². The molecule has 1 heterocycles. The maximum Gasteiger partial charge on any atom is 0.246 e. The Morgan fingerprint density at radius 1 is 1.30 bits per heavy atom. The number of hydrogen-bond donors (Lipinski definition) is 1. The summed E-state index contributed by atoms with van der Waals surface area (Å²) in [5, 5.41) is 7.16. The van der Waals surface area contributed by atoms with E-state index in [9.17, 15) is 4.79 Å². The van der Waals surface area contributed by atoms with Crippen LogP contribution in [0.4, 0.5) is 0 Å².